The molecular weight excluding hydrogens is 224 g/mol. The maximum Gasteiger partial charge on any atom is 0.225 e. The van der Waals surface area contributed by atoms with E-state index in [2.05, 4.69) is 27.7 Å². The Morgan fingerprint density at radius 1 is 0.444 bits per heavy atom. The molecule has 0 aliphatic carbocycles. The van der Waals surface area contributed by atoms with Crippen LogP contribution in [0.3, 0.4) is 0 Å². The molecule has 0 N–H and O–H groups in total. The maximum absolute atomic E-state index is 2.42. The van der Waals surface area contributed by atoms with Crippen LogP contribution in [0.1, 0.15) is 27.7 Å². The molecule has 4 aliphatic heterocycles. The van der Waals surface area contributed by atoms with Crippen molar-refractivity contribution in [3.05, 3.63) is 0 Å². The highest BCUT2D eigenvalue weighted by Gasteiger charge is 2.70. The first kappa shape index (κ1) is 12.9. The van der Waals surface area contributed by atoms with Gasteiger partial charge in [0.25, 0.3) is 0 Å². The van der Waals surface area contributed by atoms with E-state index in [1.165, 1.54) is 84.1 Å². The molecule has 4 nitrogen and oxygen atoms in total. The lowest BCUT2D eigenvalue weighted by Crippen LogP contribution is -2.94. The standard InChI is InChI=1S/C14H32N4/c1-5-15-9-16(6-2)12-17(7-3,10-15)14-18(8-4,11-15)13-16/h5-14H2,1-4H3/q+4. The lowest BCUT2D eigenvalue weighted by Gasteiger charge is -2.67. The molecule has 4 saturated heterocycles. The second-order valence-corrected chi connectivity index (χ2v) is 7.48. The molecule has 4 aliphatic rings. The van der Waals surface area contributed by atoms with Crippen LogP contribution < -0.4 is 0 Å². The van der Waals surface area contributed by atoms with Crippen molar-refractivity contribution in [2.24, 2.45) is 0 Å². The summed E-state index contributed by atoms with van der Waals surface area (Å²) in [5.41, 5.74) is 0. The smallest absolute Gasteiger partial charge is 0.185 e. The van der Waals surface area contributed by atoms with Crippen LogP contribution in [0.15, 0.2) is 0 Å². The SMILES string of the molecule is CC[N+]12C[N+]3(CC)C[N+](CC)(C1)C[N+](CC)(C2)C3. The van der Waals surface area contributed by atoms with Gasteiger partial charge in [-0.05, 0) is 27.7 Å². The van der Waals surface area contributed by atoms with Gasteiger partial charge in [-0.1, -0.05) is 0 Å². The number of nitrogens with zero attached hydrogens (tertiary/aromatic N) is 4. The molecule has 0 aromatic carbocycles. The quantitative estimate of drug-likeness (QED) is 0.661. The van der Waals surface area contributed by atoms with E-state index in [-0.39, 0.29) is 0 Å². The monoisotopic (exact) mass is 256 g/mol. The van der Waals surface area contributed by atoms with Crippen LogP contribution in [0.2, 0.25) is 0 Å². The number of quaternary nitrogens is 4. The van der Waals surface area contributed by atoms with Crippen molar-refractivity contribution in [2.45, 2.75) is 27.7 Å². The molecule has 0 radical (unpaired) electrons. The lowest BCUT2D eigenvalue weighted by atomic mass is 10.1. The zero-order chi connectivity index (χ0) is 13.1. The molecule has 18 heavy (non-hydrogen) atoms. The molecule has 4 heteroatoms. The fourth-order valence-electron chi connectivity index (χ4n) is 5.56. The topological polar surface area (TPSA) is 0 Å². The molecule has 4 bridgehead atoms. The first-order chi connectivity index (χ1) is 8.49. The Labute approximate surface area is 112 Å². The van der Waals surface area contributed by atoms with Gasteiger partial charge in [-0.25, -0.2) is 0 Å². The minimum absolute atomic E-state index is 1.33. The van der Waals surface area contributed by atoms with Gasteiger partial charge < -0.3 is 0 Å². The Kier molecular flexibility index (Phi) is 2.63. The Morgan fingerprint density at radius 3 is 0.722 bits per heavy atom. The van der Waals surface area contributed by atoms with Gasteiger partial charge in [-0.15, -0.1) is 0 Å². The fourth-order valence-corrected chi connectivity index (χ4v) is 5.56. The van der Waals surface area contributed by atoms with Gasteiger partial charge in [0.2, 0.25) is 40.0 Å². The summed E-state index contributed by atoms with van der Waals surface area (Å²) in [5, 5.41) is 0. The summed E-state index contributed by atoms with van der Waals surface area (Å²) in [6.45, 7) is 23.5. The fraction of sp³-hybridized carbons (Fsp3) is 1.00. The second-order valence-electron chi connectivity index (χ2n) is 7.48. The Hall–Kier alpha value is -0.160. The van der Waals surface area contributed by atoms with Crippen LogP contribution in [0, 0.1) is 0 Å². The van der Waals surface area contributed by atoms with Gasteiger partial charge >= 0.3 is 0 Å². The van der Waals surface area contributed by atoms with Crippen molar-refractivity contribution < 1.29 is 17.9 Å². The van der Waals surface area contributed by atoms with Crippen molar-refractivity contribution >= 4 is 0 Å². The highest BCUT2D eigenvalue weighted by atomic mass is 15.9. The van der Waals surface area contributed by atoms with Crippen LogP contribution >= 0.6 is 0 Å². The zero-order valence-electron chi connectivity index (χ0n) is 12.9. The molecular formula is C14H32N4+4. The molecule has 4 heterocycles. The summed E-state index contributed by atoms with van der Waals surface area (Å²) in [7, 11) is 0. The van der Waals surface area contributed by atoms with E-state index in [9.17, 15) is 0 Å². The number of rotatable bonds is 4. The summed E-state index contributed by atoms with van der Waals surface area (Å²) in [6, 6.07) is 0. The molecule has 0 unspecified atom stereocenters. The van der Waals surface area contributed by atoms with Gasteiger partial charge in [0.1, 0.15) is 0 Å². The summed E-state index contributed by atoms with van der Waals surface area (Å²) in [4.78, 5) is 0. The summed E-state index contributed by atoms with van der Waals surface area (Å²) < 4.78 is 5.54. The van der Waals surface area contributed by atoms with Crippen molar-refractivity contribution in [3.63, 3.8) is 0 Å². The number of hydrogen-bond donors (Lipinski definition) is 0. The first-order valence-corrected chi connectivity index (χ1v) is 7.89. The van der Waals surface area contributed by atoms with Crippen LogP contribution in [0.4, 0.5) is 0 Å². The van der Waals surface area contributed by atoms with Gasteiger partial charge in [0.05, 0.1) is 26.2 Å². The molecule has 4 rings (SSSR count). The van der Waals surface area contributed by atoms with Crippen LogP contribution in [-0.4, -0.2) is 84.1 Å². The van der Waals surface area contributed by atoms with E-state index >= 15 is 0 Å². The third kappa shape index (κ3) is 1.52. The molecule has 0 aromatic rings. The maximum atomic E-state index is 2.42. The molecule has 0 saturated carbocycles. The average Bonchev–Trinajstić information content (AvgIpc) is 2.37. The van der Waals surface area contributed by atoms with Crippen LogP contribution in [-0.2, 0) is 0 Å². The molecule has 0 spiro atoms. The third-order valence-electron chi connectivity index (χ3n) is 6.28. The minimum atomic E-state index is 1.33. The predicted molar refractivity (Wildman–Crippen MR) is 72.4 cm³/mol. The summed E-state index contributed by atoms with van der Waals surface area (Å²) in [5.74, 6) is 0. The van der Waals surface area contributed by atoms with Crippen molar-refractivity contribution in [1.29, 1.82) is 0 Å². The van der Waals surface area contributed by atoms with Crippen molar-refractivity contribution in [3.8, 4) is 0 Å². The average molecular weight is 256 g/mol. The highest BCUT2D eigenvalue weighted by molar-refractivity contribution is 4.51. The van der Waals surface area contributed by atoms with E-state index in [0.29, 0.717) is 0 Å². The molecule has 104 valence electrons. The van der Waals surface area contributed by atoms with Crippen LogP contribution in [0.25, 0.3) is 0 Å². The summed E-state index contributed by atoms with van der Waals surface area (Å²) in [6.07, 6.45) is 0. The molecule has 0 aromatic heterocycles. The number of hydrogen-bond acceptors (Lipinski definition) is 0. The molecule has 0 atom stereocenters. The third-order valence-corrected chi connectivity index (χ3v) is 6.28. The van der Waals surface area contributed by atoms with Crippen molar-refractivity contribution in [1.82, 2.24) is 0 Å². The van der Waals surface area contributed by atoms with E-state index in [1.54, 1.807) is 0 Å². The van der Waals surface area contributed by atoms with Crippen molar-refractivity contribution in [2.75, 3.05) is 66.2 Å². The largest absolute Gasteiger partial charge is 0.225 e. The van der Waals surface area contributed by atoms with E-state index in [1.807, 2.05) is 0 Å². The van der Waals surface area contributed by atoms with Crippen LogP contribution in [0.5, 0.6) is 0 Å². The summed E-state index contributed by atoms with van der Waals surface area (Å²) >= 11 is 0. The Morgan fingerprint density at radius 2 is 0.611 bits per heavy atom. The minimum Gasteiger partial charge on any atom is -0.185 e. The normalized spacial score (nSPS) is 54.0. The van der Waals surface area contributed by atoms with Gasteiger partial charge in [-0.3, -0.25) is 0 Å². The Bertz CT molecular complexity index is 250. The van der Waals surface area contributed by atoms with E-state index in [4.69, 9.17) is 0 Å². The van der Waals surface area contributed by atoms with E-state index < -0.39 is 0 Å². The Balaban J connectivity index is 2.06. The zero-order valence-corrected chi connectivity index (χ0v) is 12.9. The lowest BCUT2D eigenvalue weighted by molar-refractivity contribution is -1.43. The highest BCUT2D eigenvalue weighted by Crippen LogP contribution is 2.42. The van der Waals surface area contributed by atoms with E-state index in [0.717, 1.165) is 0 Å². The van der Waals surface area contributed by atoms with Gasteiger partial charge in [0.15, 0.2) is 0 Å². The molecule has 4 fully saturated rings. The van der Waals surface area contributed by atoms with Gasteiger partial charge in [-0.2, -0.15) is 17.9 Å². The first-order valence-electron chi connectivity index (χ1n) is 7.89. The van der Waals surface area contributed by atoms with Gasteiger partial charge in [0, 0.05) is 0 Å². The molecule has 0 amide bonds. The predicted octanol–water partition coefficient (Wildman–Crippen LogP) is 1.12. The second kappa shape index (κ2) is 3.69.